The Kier molecular flexibility index (Phi) is 16.7. The van der Waals surface area contributed by atoms with Gasteiger partial charge in [0.1, 0.15) is 37.6 Å². The Morgan fingerprint density at radius 2 is 0.980 bits per heavy atom. The summed E-state index contributed by atoms with van der Waals surface area (Å²) in [7, 11) is 0. The Bertz CT molecular complexity index is 1450. The van der Waals surface area contributed by atoms with Gasteiger partial charge < -0.3 is 40.2 Å². The van der Waals surface area contributed by atoms with Gasteiger partial charge in [0.2, 0.25) is 11.8 Å². The molecule has 0 heterocycles. The third kappa shape index (κ3) is 13.4. The van der Waals surface area contributed by atoms with E-state index in [-0.39, 0.29) is 96.0 Å². The molecular formula is C36H48N6O8. The number of ether oxygens (including phenoxy) is 4. The summed E-state index contributed by atoms with van der Waals surface area (Å²) in [5.74, 6) is -3.62. The van der Waals surface area contributed by atoms with E-state index in [1.54, 1.807) is 52.0 Å². The second-order valence-electron chi connectivity index (χ2n) is 12.7. The highest BCUT2D eigenvalue weighted by Crippen LogP contribution is 2.30. The maximum atomic E-state index is 13.1. The van der Waals surface area contributed by atoms with E-state index in [2.05, 4.69) is 21.3 Å². The molecule has 0 radical (unpaired) electrons. The molecule has 14 heteroatoms. The van der Waals surface area contributed by atoms with Crippen molar-refractivity contribution in [1.29, 1.82) is 10.5 Å². The molecule has 0 saturated carbocycles. The zero-order valence-corrected chi connectivity index (χ0v) is 29.9. The fourth-order valence-electron chi connectivity index (χ4n) is 4.07. The molecule has 270 valence electrons. The first-order valence-electron chi connectivity index (χ1n) is 16.5. The summed E-state index contributed by atoms with van der Waals surface area (Å²) in [4.78, 5) is 50.9. The van der Waals surface area contributed by atoms with Gasteiger partial charge in [-0.15, -0.1) is 0 Å². The number of nitrogens with zero attached hydrogens (tertiary/aromatic N) is 2. The molecule has 0 aliphatic rings. The topological polar surface area (TPSA) is 201 Å². The summed E-state index contributed by atoms with van der Waals surface area (Å²) in [5, 5.41) is 31.1. The van der Waals surface area contributed by atoms with Crippen molar-refractivity contribution in [2.75, 3.05) is 36.9 Å². The van der Waals surface area contributed by atoms with Crippen molar-refractivity contribution in [2.45, 2.75) is 79.7 Å². The van der Waals surface area contributed by atoms with E-state index >= 15 is 0 Å². The fourth-order valence-corrected chi connectivity index (χ4v) is 4.07. The second kappa shape index (κ2) is 20.4. The molecule has 2 amide bonds. The molecule has 0 aliphatic heterocycles. The predicted molar refractivity (Wildman–Crippen MR) is 186 cm³/mol. The van der Waals surface area contributed by atoms with Gasteiger partial charge in [0, 0.05) is 37.0 Å². The summed E-state index contributed by atoms with van der Waals surface area (Å²) in [6.45, 7) is 14.1. The Balaban J connectivity index is 2.23. The van der Waals surface area contributed by atoms with Gasteiger partial charge in [-0.3, -0.25) is 9.59 Å². The zero-order valence-electron chi connectivity index (χ0n) is 29.9. The summed E-state index contributed by atoms with van der Waals surface area (Å²) < 4.78 is 22.9. The number of para-hydroxylation sites is 2. The molecule has 2 aromatic rings. The Labute approximate surface area is 293 Å². The molecule has 2 aromatic carbocycles. The minimum Gasteiger partial charge on any atom is -0.486 e. The van der Waals surface area contributed by atoms with Crippen LogP contribution in [-0.2, 0) is 28.7 Å². The van der Waals surface area contributed by atoms with Crippen molar-refractivity contribution in [3.05, 3.63) is 47.5 Å². The van der Waals surface area contributed by atoms with Crippen LogP contribution < -0.4 is 30.7 Å². The largest absolute Gasteiger partial charge is 0.486 e. The molecule has 0 aromatic heterocycles. The Morgan fingerprint density at radius 3 is 1.28 bits per heavy atom. The third-order valence-corrected chi connectivity index (χ3v) is 6.88. The van der Waals surface area contributed by atoms with Crippen LogP contribution in [0, 0.1) is 34.5 Å². The maximum Gasteiger partial charge on any atom is 0.417 e. The van der Waals surface area contributed by atoms with Gasteiger partial charge in [0.05, 0.1) is 22.5 Å². The van der Waals surface area contributed by atoms with Crippen LogP contribution >= 0.6 is 0 Å². The number of rotatable bonds is 18. The van der Waals surface area contributed by atoms with Crippen molar-refractivity contribution in [3.8, 4) is 23.6 Å². The number of benzene rings is 2. The molecule has 14 nitrogen and oxygen atoms in total. The lowest BCUT2D eigenvalue weighted by Gasteiger charge is -2.23. The standard InChI is InChI=1S/C36H48N6O8/c1-21(2)33(43)41-29-13-9-11-25(15-37)31(29)47-19-27(17-39-23(5)6)49-35(45)36(46)50-28(18-40-24(7)8)20-48-32-26(16-38)12-10-14-30(32)42-34(44)22(3)4/h9-14,21-24,27-28,39-40H,17-20H2,1-8H3,(H,41,43)(H,42,44). The number of hydrogen-bond donors (Lipinski definition) is 4. The minimum atomic E-state index is -1.29. The van der Waals surface area contributed by atoms with Crippen molar-refractivity contribution in [2.24, 2.45) is 11.8 Å². The monoisotopic (exact) mass is 692 g/mol. The van der Waals surface area contributed by atoms with Gasteiger partial charge >= 0.3 is 11.9 Å². The summed E-state index contributed by atoms with van der Waals surface area (Å²) in [6, 6.07) is 13.5. The van der Waals surface area contributed by atoms with Crippen LogP contribution in [0.3, 0.4) is 0 Å². The van der Waals surface area contributed by atoms with E-state index in [4.69, 9.17) is 18.9 Å². The first-order chi connectivity index (χ1) is 23.7. The van der Waals surface area contributed by atoms with Crippen molar-refractivity contribution in [3.63, 3.8) is 0 Å². The lowest BCUT2D eigenvalue weighted by atomic mass is 10.1. The Morgan fingerprint density at radius 1 is 0.620 bits per heavy atom. The molecule has 0 saturated heterocycles. The summed E-state index contributed by atoms with van der Waals surface area (Å²) in [6.07, 6.45) is -2.01. The average molecular weight is 693 g/mol. The number of amides is 2. The molecule has 0 bridgehead atoms. The van der Waals surface area contributed by atoms with Crippen LogP contribution in [0.5, 0.6) is 11.5 Å². The van der Waals surface area contributed by atoms with E-state index in [0.717, 1.165) is 0 Å². The average Bonchev–Trinajstić information content (AvgIpc) is 3.07. The van der Waals surface area contributed by atoms with Crippen molar-refractivity contribution in [1.82, 2.24) is 10.6 Å². The van der Waals surface area contributed by atoms with Crippen LogP contribution in [0.2, 0.25) is 0 Å². The molecule has 2 atom stereocenters. The molecule has 50 heavy (non-hydrogen) atoms. The number of nitrogens with one attached hydrogen (secondary N) is 4. The number of esters is 2. The van der Waals surface area contributed by atoms with Crippen LogP contribution in [0.1, 0.15) is 66.5 Å². The van der Waals surface area contributed by atoms with Gasteiger partial charge in [-0.2, -0.15) is 10.5 Å². The summed E-state index contributed by atoms with van der Waals surface area (Å²) in [5.41, 5.74) is 0.848. The lowest BCUT2D eigenvalue weighted by Crippen LogP contribution is -2.42. The molecule has 4 N–H and O–H groups in total. The highest BCUT2D eigenvalue weighted by Gasteiger charge is 2.28. The highest BCUT2D eigenvalue weighted by molar-refractivity contribution is 6.29. The minimum absolute atomic E-state index is 0.00872. The normalized spacial score (nSPS) is 12.1. The third-order valence-electron chi connectivity index (χ3n) is 6.88. The number of carbonyl (C=O) groups is 4. The van der Waals surface area contributed by atoms with E-state index in [9.17, 15) is 29.7 Å². The van der Waals surface area contributed by atoms with Crippen molar-refractivity contribution >= 4 is 35.1 Å². The van der Waals surface area contributed by atoms with E-state index in [1.165, 1.54) is 12.1 Å². The van der Waals surface area contributed by atoms with Crippen molar-refractivity contribution < 1.29 is 38.1 Å². The first-order valence-corrected chi connectivity index (χ1v) is 16.5. The van der Waals surface area contributed by atoms with Crippen LogP contribution in [-0.4, -0.2) is 74.3 Å². The van der Waals surface area contributed by atoms with E-state index in [1.807, 2.05) is 39.8 Å². The molecule has 2 unspecified atom stereocenters. The van der Waals surface area contributed by atoms with E-state index < -0.39 is 24.1 Å². The molecular weight excluding hydrogens is 644 g/mol. The van der Waals surface area contributed by atoms with E-state index in [0.29, 0.717) is 0 Å². The second-order valence-corrected chi connectivity index (χ2v) is 12.7. The van der Waals surface area contributed by atoms with Gasteiger partial charge in [0.15, 0.2) is 11.5 Å². The number of anilines is 2. The first kappa shape index (κ1) is 41.0. The highest BCUT2D eigenvalue weighted by atomic mass is 16.6. The zero-order chi connectivity index (χ0) is 37.4. The van der Waals surface area contributed by atoms with Gasteiger partial charge in [-0.05, 0) is 24.3 Å². The smallest absolute Gasteiger partial charge is 0.417 e. The van der Waals surface area contributed by atoms with Crippen LogP contribution in [0.4, 0.5) is 11.4 Å². The molecule has 0 fully saturated rings. The number of carbonyl (C=O) groups excluding carboxylic acids is 4. The van der Waals surface area contributed by atoms with Crippen LogP contribution in [0.25, 0.3) is 0 Å². The van der Waals surface area contributed by atoms with Gasteiger partial charge in [-0.25, -0.2) is 9.59 Å². The molecule has 0 spiro atoms. The number of nitriles is 2. The fraction of sp³-hybridized carbons (Fsp3) is 0.500. The maximum absolute atomic E-state index is 13.1. The van der Waals surface area contributed by atoms with Gasteiger partial charge in [0.25, 0.3) is 0 Å². The SMILES string of the molecule is CC(C)NCC(COc1c(C#N)cccc1NC(=O)C(C)C)OC(=O)C(=O)OC(CNC(C)C)COc1c(C#N)cccc1NC(=O)C(C)C. The predicted octanol–water partition coefficient (Wildman–Crippen LogP) is 3.90. The van der Waals surface area contributed by atoms with Crippen LogP contribution in [0.15, 0.2) is 36.4 Å². The molecule has 0 aliphatic carbocycles. The Hall–Kier alpha value is -5.18. The molecule has 2 rings (SSSR count). The summed E-state index contributed by atoms with van der Waals surface area (Å²) >= 11 is 0. The lowest BCUT2D eigenvalue weighted by molar-refractivity contribution is -0.175. The van der Waals surface area contributed by atoms with Gasteiger partial charge in [-0.1, -0.05) is 67.5 Å². The number of hydrogen-bond acceptors (Lipinski definition) is 12. The quantitative estimate of drug-likeness (QED) is 0.130.